The Hall–Kier alpha value is -1.86. The van der Waals surface area contributed by atoms with Gasteiger partial charge in [0.05, 0.1) is 22.4 Å². The van der Waals surface area contributed by atoms with Crippen LogP contribution < -0.4 is 0 Å². The molecule has 1 aromatic heterocycles. The normalized spacial score (nSPS) is 11.5. The summed E-state index contributed by atoms with van der Waals surface area (Å²) in [7, 11) is -3.74. The molecule has 0 amide bonds. The summed E-state index contributed by atoms with van der Waals surface area (Å²) in [5.74, 6) is -1.57. The van der Waals surface area contributed by atoms with Crippen LogP contribution in [0.15, 0.2) is 34.0 Å². The number of hydrogen-bond acceptors (Lipinski definition) is 5. The highest BCUT2D eigenvalue weighted by molar-refractivity contribution is 7.90. The van der Waals surface area contributed by atoms with E-state index in [-0.39, 0.29) is 26.8 Å². The molecule has 2 aromatic rings. The fourth-order valence-electron chi connectivity index (χ4n) is 1.79. The minimum Gasteiger partial charge on any atom is -0.478 e. The molecule has 0 saturated heterocycles. The molecule has 6 nitrogen and oxygen atoms in total. The van der Waals surface area contributed by atoms with Crippen molar-refractivity contribution in [1.29, 1.82) is 0 Å². The summed E-state index contributed by atoms with van der Waals surface area (Å²) in [4.78, 5) is 11.0. The molecule has 1 heterocycles. The van der Waals surface area contributed by atoms with Gasteiger partial charge in [0.15, 0.2) is 9.84 Å². The zero-order valence-electron chi connectivity index (χ0n) is 10.3. The number of nitrogens with zero attached hydrogens (tertiary/aromatic N) is 1. The molecular formula is C12H10ClNO5S. The third-order valence-electron chi connectivity index (χ3n) is 2.73. The second-order valence-corrected chi connectivity index (χ2v) is 6.57. The van der Waals surface area contributed by atoms with Crippen LogP contribution in [0.25, 0.3) is 0 Å². The number of carboxylic acid groups (broad SMARTS) is 1. The van der Waals surface area contributed by atoms with E-state index in [9.17, 15) is 13.2 Å². The second kappa shape index (κ2) is 5.26. The number of carboxylic acids is 1. The number of aromatic nitrogens is 1. The van der Waals surface area contributed by atoms with E-state index in [1.54, 1.807) is 0 Å². The number of aromatic carboxylic acids is 1. The van der Waals surface area contributed by atoms with Crippen molar-refractivity contribution in [3.8, 4) is 0 Å². The average molecular weight is 316 g/mol. The lowest BCUT2D eigenvalue weighted by Gasteiger charge is -2.10. The first-order valence-electron chi connectivity index (χ1n) is 5.45. The molecule has 0 unspecified atom stereocenters. The Morgan fingerprint density at radius 2 is 2.15 bits per heavy atom. The van der Waals surface area contributed by atoms with Gasteiger partial charge >= 0.3 is 5.97 Å². The van der Waals surface area contributed by atoms with Crippen LogP contribution in [0.1, 0.15) is 21.5 Å². The van der Waals surface area contributed by atoms with Gasteiger partial charge in [-0.25, -0.2) is 13.2 Å². The zero-order chi connectivity index (χ0) is 14.9. The average Bonchev–Trinajstić information content (AvgIpc) is 2.83. The van der Waals surface area contributed by atoms with Crippen molar-refractivity contribution in [3.63, 3.8) is 0 Å². The summed E-state index contributed by atoms with van der Waals surface area (Å²) in [6.45, 7) is 1.43. The van der Waals surface area contributed by atoms with Crippen molar-refractivity contribution in [2.24, 2.45) is 0 Å². The van der Waals surface area contributed by atoms with E-state index in [0.717, 1.165) is 0 Å². The maximum absolute atomic E-state index is 12.3. The minimum absolute atomic E-state index is 0.0527. The summed E-state index contributed by atoms with van der Waals surface area (Å²) < 4.78 is 29.2. The highest BCUT2D eigenvalue weighted by atomic mass is 35.5. The first-order valence-corrected chi connectivity index (χ1v) is 7.49. The smallest absolute Gasteiger partial charge is 0.336 e. The van der Waals surface area contributed by atoms with Gasteiger partial charge in [0.2, 0.25) is 0 Å². The lowest BCUT2D eigenvalue weighted by molar-refractivity contribution is 0.0696. The number of halogens is 1. The van der Waals surface area contributed by atoms with Gasteiger partial charge in [0, 0.05) is 10.6 Å². The fourth-order valence-corrected chi connectivity index (χ4v) is 3.70. The molecule has 0 aliphatic rings. The van der Waals surface area contributed by atoms with Gasteiger partial charge in [-0.05, 0) is 24.6 Å². The number of rotatable bonds is 4. The van der Waals surface area contributed by atoms with Crippen LogP contribution in [-0.2, 0) is 15.6 Å². The lowest BCUT2D eigenvalue weighted by atomic mass is 10.1. The van der Waals surface area contributed by atoms with Gasteiger partial charge in [0.1, 0.15) is 6.26 Å². The minimum atomic E-state index is -3.74. The molecule has 0 saturated carbocycles. The van der Waals surface area contributed by atoms with Crippen LogP contribution in [0.4, 0.5) is 0 Å². The molecule has 0 aliphatic heterocycles. The van der Waals surface area contributed by atoms with E-state index < -0.39 is 15.8 Å². The van der Waals surface area contributed by atoms with Crippen LogP contribution in [0.3, 0.4) is 0 Å². The monoisotopic (exact) mass is 315 g/mol. The Morgan fingerprint density at radius 1 is 1.45 bits per heavy atom. The van der Waals surface area contributed by atoms with Gasteiger partial charge in [-0.3, -0.25) is 0 Å². The second-order valence-electron chi connectivity index (χ2n) is 4.17. The van der Waals surface area contributed by atoms with Crippen LogP contribution in [0.5, 0.6) is 0 Å². The first-order chi connectivity index (χ1) is 9.31. The summed E-state index contributed by atoms with van der Waals surface area (Å²) in [5, 5.41) is 12.5. The van der Waals surface area contributed by atoms with Crippen molar-refractivity contribution in [1.82, 2.24) is 5.16 Å². The zero-order valence-corrected chi connectivity index (χ0v) is 11.9. The standard InChI is InChI=1S/C12H10ClNO5S/c1-7-10(12(15)16)2-9(13)3-11(7)20(17,18)6-8-4-14-19-5-8/h2-5H,6H2,1H3,(H,15,16). The molecule has 0 aliphatic carbocycles. The summed E-state index contributed by atoms with van der Waals surface area (Å²) in [6, 6.07) is 2.46. The van der Waals surface area contributed by atoms with E-state index in [2.05, 4.69) is 9.68 Å². The van der Waals surface area contributed by atoms with Crippen LogP contribution in [0, 0.1) is 6.92 Å². The van der Waals surface area contributed by atoms with E-state index in [0.29, 0.717) is 5.56 Å². The molecule has 2 rings (SSSR count). The van der Waals surface area contributed by atoms with Gasteiger partial charge in [-0.2, -0.15) is 0 Å². The van der Waals surface area contributed by atoms with E-state index >= 15 is 0 Å². The number of carbonyl (C=O) groups is 1. The van der Waals surface area contributed by atoms with E-state index in [4.69, 9.17) is 16.7 Å². The molecule has 0 fully saturated rings. The molecule has 0 radical (unpaired) electrons. The highest BCUT2D eigenvalue weighted by Crippen LogP contribution is 2.27. The molecule has 1 N–H and O–H groups in total. The molecule has 0 atom stereocenters. The predicted molar refractivity (Wildman–Crippen MR) is 70.5 cm³/mol. The number of benzene rings is 1. The third kappa shape index (κ3) is 2.83. The topological polar surface area (TPSA) is 97.5 Å². The number of sulfone groups is 1. The highest BCUT2D eigenvalue weighted by Gasteiger charge is 2.23. The Balaban J connectivity index is 2.54. The predicted octanol–water partition coefficient (Wildman–Crippen LogP) is 2.31. The van der Waals surface area contributed by atoms with Crippen molar-refractivity contribution >= 4 is 27.4 Å². The molecule has 20 heavy (non-hydrogen) atoms. The van der Waals surface area contributed by atoms with Crippen molar-refractivity contribution in [2.75, 3.05) is 0 Å². The largest absolute Gasteiger partial charge is 0.478 e. The quantitative estimate of drug-likeness (QED) is 0.929. The molecule has 106 valence electrons. The summed E-state index contributed by atoms with van der Waals surface area (Å²) in [5.41, 5.74) is 0.390. The van der Waals surface area contributed by atoms with Gasteiger partial charge < -0.3 is 9.63 Å². The van der Waals surface area contributed by atoms with Crippen LogP contribution >= 0.6 is 11.6 Å². The maximum atomic E-state index is 12.3. The molecule has 0 bridgehead atoms. The van der Waals surface area contributed by atoms with Gasteiger partial charge in [0.25, 0.3) is 0 Å². The first kappa shape index (κ1) is 14.5. The lowest BCUT2D eigenvalue weighted by Crippen LogP contribution is -2.10. The Morgan fingerprint density at radius 3 is 2.70 bits per heavy atom. The molecular weight excluding hydrogens is 306 g/mol. The summed E-state index contributed by atoms with van der Waals surface area (Å²) in [6.07, 6.45) is 2.51. The Kier molecular flexibility index (Phi) is 3.82. The third-order valence-corrected chi connectivity index (χ3v) is 4.76. The van der Waals surface area contributed by atoms with Crippen molar-refractivity contribution in [3.05, 3.63) is 46.3 Å². The van der Waals surface area contributed by atoms with Gasteiger partial charge in [-0.1, -0.05) is 16.8 Å². The molecule has 0 spiro atoms. The molecule has 8 heteroatoms. The Labute approximate surface area is 119 Å². The van der Waals surface area contributed by atoms with E-state index in [1.807, 2.05) is 0 Å². The van der Waals surface area contributed by atoms with Crippen LogP contribution in [-0.4, -0.2) is 24.7 Å². The van der Waals surface area contributed by atoms with Crippen molar-refractivity contribution < 1.29 is 22.8 Å². The van der Waals surface area contributed by atoms with Gasteiger partial charge in [-0.15, -0.1) is 0 Å². The Bertz CT molecular complexity index is 752. The molecule has 1 aromatic carbocycles. The fraction of sp³-hybridized carbons (Fsp3) is 0.167. The maximum Gasteiger partial charge on any atom is 0.336 e. The van der Waals surface area contributed by atoms with E-state index in [1.165, 1.54) is 31.5 Å². The SMILES string of the molecule is Cc1c(C(=O)O)cc(Cl)cc1S(=O)(=O)Cc1cnoc1. The van der Waals surface area contributed by atoms with Crippen molar-refractivity contribution in [2.45, 2.75) is 17.6 Å². The number of hydrogen-bond donors (Lipinski definition) is 1. The summed E-state index contributed by atoms with van der Waals surface area (Å²) >= 11 is 5.80. The van der Waals surface area contributed by atoms with Crippen LogP contribution in [0.2, 0.25) is 5.02 Å².